The molecule has 0 aromatic heterocycles. The van der Waals surface area contributed by atoms with E-state index in [2.05, 4.69) is 5.32 Å². The Bertz CT molecular complexity index is 844. The van der Waals surface area contributed by atoms with Crippen molar-refractivity contribution in [3.8, 4) is 6.07 Å². The van der Waals surface area contributed by atoms with Crippen LogP contribution in [0.2, 0.25) is 0 Å². The van der Waals surface area contributed by atoms with Crippen molar-refractivity contribution in [3.63, 3.8) is 0 Å². The van der Waals surface area contributed by atoms with Gasteiger partial charge in [-0.05, 0) is 42.8 Å². The van der Waals surface area contributed by atoms with Gasteiger partial charge in [0, 0.05) is 6.04 Å². The van der Waals surface area contributed by atoms with E-state index >= 15 is 0 Å². The molecule has 0 aliphatic heterocycles. The highest BCUT2D eigenvalue weighted by molar-refractivity contribution is 7.89. The van der Waals surface area contributed by atoms with Gasteiger partial charge in [0.1, 0.15) is 5.82 Å². The molecule has 2 aromatic rings. The molecule has 0 amide bonds. The predicted molar refractivity (Wildman–Crippen MR) is 81.0 cm³/mol. The Balaban J connectivity index is 2.26. The van der Waals surface area contributed by atoms with Crippen molar-refractivity contribution in [2.75, 3.05) is 5.32 Å². The van der Waals surface area contributed by atoms with Gasteiger partial charge in [-0.15, -0.1) is 0 Å². The number of halogens is 1. The molecule has 0 heterocycles. The SMILES string of the molecule is CC(Nc1ccc(C#N)cc1F)c1cccc(S(N)(=O)=O)c1. The second-order valence-electron chi connectivity index (χ2n) is 4.79. The van der Waals surface area contributed by atoms with Crippen molar-refractivity contribution in [3.05, 3.63) is 59.4 Å². The highest BCUT2D eigenvalue weighted by atomic mass is 32.2. The van der Waals surface area contributed by atoms with Crippen LogP contribution in [0.15, 0.2) is 47.4 Å². The number of rotatable bonds is 4. The number of hydrogen-bond donors (Lipinski definition) is 2. The van der Waals surface area contributed by atoms with E-state index in [4.69, 9.17) is 10.4 Å². The zero-order valence-electron chi connectivity index (χ0n) is 11.7. The molecule has 114 valence electrons. The summed E-state index contributed by atoms with van der Waals surface area (Å²) in [6, 6.07) is 11.7. The molecular formula is C15H14FN3O2S. The summed E-state index contributed by atoms with van der Waals surface area (Å²) in [5, 5.41) is 16.7. The lowest BCUT2D eigenvalue weighted by atomic mass is 10.1. The third-order valence-corrected chi connectivity index (χ3v) is 4.07. The molecule has 3 N–H and O–H groups in total. The second kappa shape index (κ2) is 6.13. The predicted octanol–water partition coefficient (Wildman–Crippen LogP) is 2.52. The van der Waals surface area contributed by atoms with Gasteiger partial charge in [0.05, 0.1) is 22.2 Å². The van der Waals surface area contributed by atoms with Crippen LogP contribution >= 0.6 is 0 Å². The number of anilines is 1. The summed E-state index contributed by atoms with van der Waals surface area (Å²) in [7, 11) is -3.79. The Morgan fingerprint density at radius 2 is 2.00 bits per heavy atom. The third kappa shape index (κ3) is 3.61. The van der Waals surface area contributed by atoms with Crippen LogP contribution in [0.25, 0.3) is 0 Å². The summed E-state index contributed by atoms with van der Waals surface area (Å²) in [5.41, 5.74) is 1.11. The first-order valence-corrected chi connectivity index (χ1v) is 7.95. The van der Waals surface area contributed by atoms with E-state index in [0.717, 1.165) is 6.07 Å². The Morgan fingerprint density at radius 3 is 2.59 bits per heavy atom. The van der Waals surface area contributed by atoms with Crippen LogP contribution in [0.5, 0.6) is 0 Å². The van der Waals surface area contributed by atoms with E-state index in [-0.39, 0.29) is 22.2 Å². The smallest absolute Gasteiger partial charge is 0.238 e. The van der Waals surface area contributed by atoms with Gasteiger partial charge >= 0.3 is 0 Å². The molecule has 5 nitrogen and oxygen atoms in total. The molecule has 0 saturated heterocycles. The molecule has 0 radical (unpaired) electrons. The molecule has 2 aromatic carbocycles. The average molecular weight is 319 g/mol. The molecule has 22 heavy (non-hydrogen) atoms. The van der Waals surface area contributed by atoms with Gasteiger partial charge in [-0.2, -0.15) is 5.26 Å². The van der Waals surface area contributed by atoms with Gasteiger partial charge in [0.25, 0.3) is 0 Å². The Kier molecular flexibility index (Phi) is 4.45. The molecule has 7 heteroatoms. The summed E-state index contributed by atoms with van der Waals surface area (Å²) in [5.74, 6) is -0.548. The highest BCUT2D eigenvalue weighted by Gasteiger charge is 2.13. The maximum atomic E-state index is 13.9. The van der Waals surface area contributed by atoms with Crippen LogP contribution in [0.1, 0.15) is 24.1 Å². The van der Waals surface area contributed by atoms with Crippen LogP contribution in [-0.4, -0.2) is 8.42 Å². The number of sulfonamides is 1. The molecule has 0 aliphatic rings. The van der Waals surface area contributed by atoms with Crippen molar-refractivity contribution >= 4 is 15.7 Å². The number of nitriles is 1. The normalized spacial score (nSPS) is 12.5. The van der Waals surface area contributed by atoms with E-state index in [9.17, 15) is 12.8 Å². The lowest BCUT2D eigenvalue weighted by Gasteiger charge is -2.17. The standard InChI is InChI=1S/C15H14FN3O2S/c1-10(12-3-2-4-13(8-12)22(18,20)21)19-15-6-5-11(9-17)7-14(15)16/h2-8,10,19H,1H3,(H2,18,20,21). The van der Waals surface area contributed by atoms with Crippen LogP contribution in [0.4, 0.5) is 10.1 Å². The van der Waals surface area contributed by atoms with E-state index in [0.29, 0.717) is 5.56 Å². The van der Waals surface area contributed by atoms with Crippen molar-refractivity contribution < 1.29 is 12.8 Å². The number of nitrogens with one attached hydrogen (secondary N) is 1. The molecule has 0 aliphatic carbocycles. The highest BCUT2D eigenvalue weighted by Crippen LogP contribution is 2.23. The van der Waals surface area contributed by atoms with Crippen LogP contribution in [-0.2, 0) is 10.0 Å². The van der Waals surface area contributed by atoms with Crippen molar-refractivity contribution in [2.45, 2.75) is 17.9 Å². The molecule has 0 bridgehead atoms. The molecular weight excluding hydrogens is 305 g/mol. The lowest BCUT2D eigenvalue weighted by molar-refractivity contribution is 0.597. The zero-order valence-corrected chi connectivity index (χ0v) is 12.6. The van der Waals surface area contributed by atoms with Crippen LogP contribution < -0.4 is 10.5 Å². The minimum Gasteiger partial charge on any atom is -0.376 e. The van der Waals surface area contributed by atoms with Crippen LogP contribution in [0, 0.1) is 17.1 Å². The summed E-state index contributed by atoms with van der Waals surface area (Å²) in [6.07, 6.45) is 0. The minimum absolute atomic E-state index is 0.000972. The van der Waals surface area contributed by atoms with Crippen molar-refractivity contribution in [2.24, 2.45) is 5.14 Å². The van der Waals surface area contributed by atoms with Gasteiger partial charge < -0.3 is 5.32 Å². The first kappa shape index (κ1) is 15.9. The zero-order chi connectivity index (χ0) is 16.3. The average Bonchev–Trinajstić information content (AvgIpc) is 2.48. The number of primary sulfonamides is 1. The minimum atomic E-state index is -3.79. The molecule has 2 rings (SSSR count). The van der Waals surface area contributed by atoms with Crippen LogP contribution in [0.3, 0.4) is 0 Å². The molecule has 1 unspecified atom stereocenters. The monoisotopic (exact) mass is 319 g/mol. The summed E-state index contributed by atoms with van der Waals surface area (Å²) >= 11 is 0. The Labute approximate surface area is 128 Å². The number of nitrogens with zero attached hydrogens (tertiary/aromatic N) is 1. The summed E-state index contributed by atoms with van der Waals surface area (Å²) < 4.78 is 36.6. The number of nitrogens with two attached hydrogens (primary N) is 1. The lowest BCUT2D eigenvalue weighted by Crippen LogP contribution is -2.14. The quantitative estimate of drug-likeness (QED) is 0.905. The molecule has 0 spiro atoms. The Hall–Kier alpha value is -2.43. The van der Waals surface area contributed by atoms with E-state index in [1.165, 1.54) is 24.3 Å². The summed E-state index contributed by atoms with van der Waals surface area (Å²) in [6.45, 7) is 1.76. The second-order valence-corrected chi connectivity index (χ2v) is 6.35. The first-order valence-electron chi connectivity index (χ1n) is 6.40. The summed E-state index contributed by atoms with van der Waals surface area (Å²) in [4.78, 5) is -0.000972. The fourth-order valence-electron chi connectivity index (χ4n) is 1.98. The largest absolute Gasteiger partial charge is 0.376 e. The van der Waals surface area contributed by atoms with Crippen molar-refractivity contribution in [1.82, 2.24) is 0 Å². The van der Waals surface area contributed by atoms with Gasteiger partial charge in [-0.1, -0.05) is 12.1 Å². The van der Waals surface area contributed by atoms with Gasteiger partial charge in [0.15, 0.2) is 0 Å². The van der Waals surface area contributed by atoms with E-state index in [1.54, 1.807) is 19.1 Å². The topological polar surface area (TPSA) is 96.0 Å². The fraction of sp³-hybridized carbons (Fsp3) is 0.133. The van der Waals surface area contributed by atoms with Gasteiger partial charge in [-0.25, -0.2) is 17.9 Å². The van der Waals surface area contributed by atoms with E-state index < -0.39 is 15.8 Å². The number of benzene rings is 2. The molecule has 0 fully saturated rings. The maximum Gasteiger partial charge on any atom is 0.238 e. The fourth-order valence-corrected chi connectivity index (χ4v) is 2.55. The van der Waals surface area contributed by atoms with Gasteiger partial charge in [-0.3, -0.25) is 0 Å². The molecule has 1 atom stereocenters. The van der Waals surface area contributed by atoms with Gasteiger partial charge in [0.2, 0.25) is 10.0 Å². The van der Waals surface area contributed by atoms with E-state index in [1.807, 2.05) is 6.07 Å². The Morgan fingerprint density at radius 1 is 1.27 bits per heavy atom. The molecule has 0 saturated carbocycles. The third-order valence-electron chi connectivity index (χ3n) is 3.16. The first-order chi connectivity index (χ1) is 10.3. The van der Waals surface area contributed by atoms with Crippen molar-refractivity contribution in [1.29, 1.82) is 5.26 Å². The maximum absolute atomic E-state index is 13.9. The number of hydrogen-bond acceptors (Lipinski definition) is 4.